The number of carbonyl (C=O) groups is 1. The molecular formula is C20H23N5O2. The number of amides is 1. The topological polar surface area (TPSA) is 65.2 Å². The van der Waals surface area contributed by atoms with Crippen molar-refractivity contribution in [2.75, 3.05) is 20.2 Å². The summed E-state index contributed by atoms with van der Waals surface area (Å²) in [5.41, 5.74) is 1.41. The quantitative estimate of drug-likeness (QED) is 0.713. The van der Waals surface area contributed by atoms with Crippen molar-refractivity contribution in [1.82, 2.24) is 24.2 Å². The fourth-order valence-corrected chi connectivity index (χ4v) is 3.68. The van der Waals surface area contributed by atoms with Crippen LogP contribution in [-0.4, -0.2) is 50.3 Å². The molecule has 7 heteroatoms. The number of ether oxygens (including phenoxy) is 1. The Morgan fingerprint density at radius 2 is 2.00 bits per heavy atom. The zero-order valence-corrected chi connectivity index (χ0v) is 15.6. The smallest absolute Gasteiger partial charge is 0.257 e. The summed E-state index contributed by atoms with van der Waals surface area (Å²) < 4.78 is 9.13. The minimum atomic E-state index is 0.0226. The molecule has 2 aromatic heterocycles. The van der Waals surface area contributed by atoms with E-state index in [4.69, 9.17) is 4.74 Å². The van der Waals surface area contributed by atoms with Gasteiger partial charge >= 0.3 is 0 Å². The van der Waals surface area contributed by atoms with Crippen LogP contribution >= 0.6 is 0 Å². The van der Waals surface area contributed by atoms with E-state index >= 15 is 0 Å². The molecule has 1 aliphatic heterocycles. The van der Waals surface area contributed by atoms with Gasteiger partial charge in [0.2, 0.25) is 0 Å². The standard InChI is InChI=1S/C20H23N5O2/c1-23-12-9-21-19(23)15-7-10-24(11-8-15)20(26)16-13-22-25(14-16)17-5-3-4-6-18(17)27-2/h3-6,9,12-15H,7-8,10-11H2,1-2H3. The number of carbonyl (C=O) groups excluding carboxylic acids is 1. The van der Waals surface area contributed by atoms with Crippen molar-refractivity contribution in [3.05, 3.63) is 60.4 Å². The summed E-state index contributed by atoms with van der Waals surface area (Å²) in [5.74, 6) is 2.25. The number of hydrogen-bond acceptors (Lipinski definition) is 4. The summed E-state index contributed by atoms with van der Waals surface area (Å²) in [6.45, 7) is 1.46. The maximum absolute atomic E-state index is 12.9. The molecule has 7 nitrogen and oxygen atoms in total. The lowest BCUT2D eigenvalue weighted by Crippen LogP contribution is -2.38. The van der Waals surface area contributed by atoms with E-state index in [-0.39, 0.29) is 5.91 Å². The molecule has 1 aromatic carbocycles. The summed E-state index contributed by atoms with van der Waals surface area (Å²) >= 11 is 0. The predicted molar refractivity (Wildman–Crippen MR) is 101 cm³/mol. The fourth-order valence-electron chi connectivity index (χ4n) is 3.68. The van der Waals surface area contributed by atoms with Crippen molar-refractivity contribution in [1.29, 1.82) is 0 Å². The lowest BCUT2D eigenvalue weighted by molar-refractivity contribution is 0.0710. The number of aryl methyl sites for hydroxylation is 1. The van der Waals surface area contributed by atoms with E-state index in [2.05, 4.69) is 14.6 Å². The Hall–Kier alpha value is -3.09. The van der Waals surface area contributed by atoms with Crippen LogP contribution in [0.3, 0.4) is 0 Å². The number of methoxy groups -OCH3 is 1. The largest absolute Gasteiger partial charge is 0.494 e. The highest BCUT2D eigenvalue weighted by atomic mass is 16.5. The zero-order valence-electron chi connectivity index (χ0n) is 15.6. The number of benzene rings is 1. The maximum Gasteiger partial charge on any atom is 0.257 e. The predicted octanol–water partition coefficient (Wildman–Crippen LogP) is 2.63. The lowest BCUT2D eigenvalue weighted by atomic mass is 9.95. The first-order chi connectivity index (χ1) is 13.2. The summed E-state index contributed by atoms with van der Waals surface area (Å²) in [4.78, 5) is 19.2. The first kappa shape index (κ1) is 17.3. The van der Waals surface area contributed by atoms with Gasteiger partial charge in [-0.2, -0.15) is 5.10 Å². The van der Waals surface area contributed by atoms with Gasteiger partial charge in [-0.25, -0.2) is 9.67 Å². The van der Waals surface area contributed by atoms with Crippen molar-refractivity contribution in [2.45, 2.75) is 18.8 Å². The van der Waals surface area contributed by atoms with Gasteiger partial charge in [-0.1, -0.05) is 12.1 Å². The Morgan fingerprint density at radius 1 is 1.22 bits per heavy atom. The molecule has 1 amide bonds. The Balaban J connectivity index is 1.45. The van der Waals surface area contributed by atoms with Crippen molar-refractivity contribution in [3.63, 3.8) is 0 Å². The Bertz CT molecular complexity index is 937. The molecule has 3 heterocycles. The summed E-state index contributed by atoms with van der Waals surface area (Å²) in [6, 6.07) is 7.62. The van der Waals surface area contributed by atoms with Crippen molar-refractivity contribution in [2.24, 2.45) is 7.05 Å². The van der Waals surface area contributed by atoms with Gasteiger partial charge in [0.1, 0.15) is 17.3 Å². The molecule has 0 bridgehead atoms. The highest BCUT2D eigenvalue weighted by Gasteiger charge is 2.27. The Labute approximate surface area is 158 Å². The van der Waals surface area contributed by atoms with E-state index in [1.54, 1.807) is 24.2 Å². The average Bonchev–Trinajstić information content (AvgIpc) is 3.37. The van der Waals surface area contributed by atoms with Crippen LogP contribution in [0, 0.1) is 0 Å². The molecular weight excluding hydrogens is 342 g/mol. The van der Waals surface area contributed by atoms with E-state index in [9.17, 15) is 4.79 Å². The zero-order chi connectivity index (χ0) is 18.8. The molecule has 0 N–H and O–H groups in total. The van der Waals surface area contributed by atoms with E-state index in [0.717, 1.165) is 43.2 Å². The number of hydrogen-bond donors (Lipinski definition) is 0. The van der Waals surface area contributed by atoms with Crippen LogP contribution in [0.1, 0.15) is 34.9 Å². The van der Waals surface area contributed by atoms with Crippen molar-refractivity contribution in [3.8, 4) is 11.4 Å². The molecule has 1 fully saturated rings. The van der Waals surface area contributed by atoms with Crippen LogP contribution < -0.4 is 4.74 Å². The first-order valence-corrected chi connectivity index (χ1v) is 9.12. The average molecular weight is 365 g/mol. The number of para-hydroxylation sites is 2. The lowest BCUT2D eigenvalue weighted by Gasteiger charge is -2.31. The number of likely N-dealkylation sites (tertiary alicyclic amines) is 1. The summed E-state index contributed by atoms with van der Waals surface area (Å²) in [5, 5.41) is 4.35. The van der Waals surface area contributed by atoms with E-state index < -0.39 is 0 Å². The Kier molecular flexibility index (Phi) is 4.66. The normalized spacial score (nSPS) is 15.1. The third-order valence-electron chi connectivity index (χ3n) is 5.17. The molecule has 4 rings (SSSR count). The van der Waals surface area contributed by atoms with Crippen molar-refractivity contribution < 1.29 is 9.53 Å². The molecule has 3 aromatic rings. The third kappa shape index (κ3) is 3.32. The second-order valence-electron chi connectivity index (χ2n) is 6.81. The molecule has 27 heavy (non-hydrogen) atoms. The first-order valence-electron chi connectivity index (χ1n) is 9.12. The van der Waals surface area contributed by atoms with E-state index in [0.29, 0.717) is 11.5 Å². The molecule has 0 saturated carbocycles. The number of aromatic nitrogens is 4. The third-order valence-corrected chi connectivity index (χ3v) is 5.17. The number of rotatable bonds is 4. The van der Waals surface area contributed by atoms with E-state index in [1.165, 1.54) is 0 Å². The van der Waals surface area contributed by atoms with Crippen LogP contribution in [0.4, 0.5) is 0 Å². The molecule has 140 valence electrons. The monoisotopic (exact) mass is 365 g/mol. The van der Waals surface area contributed by atoms with Crippen molar-refractivity contribution >= 4 is 5.91 Å². The second-order valence-corrected chi connectivity index (χ2v) is 6.81. The molecule has 0 unspecified atom stereocenters. The van der Waals surface area contributed by atoms with Gasteiger partial charge in [0, 0.05) is 44.6 Å². The highest BCUT2D eigenvalue weighted by molar-refractivity contribution is 5.93. The van der Waals surface area contributed by atoms with Crippen LogP contribution in [0.2, 0.25) is 0 Å². The summed E-state index contributed by atoms with van der Waals surface area (Å²) in [7, 11) is 3.65. The van der Waals surface area contributed by atoms with Crippen LogP contribution in [0.15, 0.2) is 49.1 Å². The Morgan fingerprint density at radius 3 is 2.70 bits per heavy atom. The van der Waals surface area contributed by atoms with Gasteiger partial charge in [-0.15, -0.1) is 0 Å². The van der Waals surface area contributed by atoms with Crippen LogP contribution in [0.25, 0.3) is 5.69 Å². The maximum atomic E-state index is 12.9. The van der Waals surface area contributed by atoms with Gasteiger partial charge < -0.3 is 14.2 Å². The molecule has 1 saturated heterocycles. The molecule has 1 aliphatic rings. The van der Waals surface area contributed by atoms with Gasteiger partial charge in [0.15, 0.2) is 0 Å². The van der Waals surface area contributed by atoms with Gasteiger partial charge in [0.05, 0.1) is 18.9 Å². The van der Waals surface area contributed by atoms with Gasteiger partial charge in [0.25, 0.3) is 5.91 Å². The van der Waals surface area contributed by atoms with Gasteiger partial charge in [-0.05, 0) is 25.0 Å². The fraction of sp³-hybridized carbons (Fsp3) is 0.350. The van der Waals surface area contributed by atoms with E-state index in [1.807, 2.05) is 48.6 Å². The number of piperidine rings is 1. The molecule has 0 spiro atoms. The number of imidazole rings is 1. The SMILES string of the molecule is COc1ccccc1-n1cc(C(=O)N2CCC(c3nccn3C)CC2)cn1. The summed E-state index contributed by atoms with van der Waals surface area (Å²) in [6.07, 6.45) is 9.05. The number of nitrogens with zero attached hydrogens (tertiary/aromatic N) is 5. The minimum Gasteiger partial charge on any atom is -0.494 e. The van der Waals surface area contributed by atoms with Gasteiger partial charge in [-0.3, -0.25) is 4.79 Å². The van der Waals surface area contributed by atoms with Crippen LogP contribution in [-0.2, 0) is 7.05 Å². The van der Waals surface area contributed by atoms with Crippen LogP contribution in [0.5, 0.6) is 5.75 Å². The minimum absolute atomic E-state index is 0.0226. The highest BCUT2D eigenvalue weighted by Crippen LogP contribution is 2.27. The molecule has 0 radical (unpaired) electrons. The second kappa shape index (κ2) is 7.26. The molecule has 0 atom stereocenters. The molecule has 0 aliphatic carbocycles.